The predicted molar refractivity (Wildman–Crippen MR) is 102 cm³/mol. The van der Waals surface area contributed by atoms with Crippen molar-refractivity contribution in [3.8, 4) is 17.6 Å². The van der Waals surface area contributed by atoms with E-state index in [0.717, 1.165) is 17.7 Å². The van der Waals surface area contributed by atoms with Gasteiger partial charge >= 0.3 is 0 Å². The Morgan fingerprint density at radius 1 is 1.20 bits per heavy atom. The number of nitrogens with one attached hydrogen (secondary N) is 1. The zero-order valence-electron chi connectivity index (χ0n) is 13.5. The molecule has 2 aromatic carbocycles. The summed E-state index contributed by atoms with van der Waals surface area (Å²) in [6.07, 6.45) is 2.56. The molecule has 1 N–H and O–H groups in total. The summed E-state index contributed by atoms with van der Waals surface area (Å²) in [5.74, 6) is 6.20. The summed E-state index contributed by atoms with van der Waals surface area (Å²) in [7, 11) is 0. The molecule has 2 aromatic rings. The Morgan fingerprint density at radius 2 is 2.00 bits per heavy atom. The number of hydrogen-bond donors (Lipinski definition) is 1. The topological polar surface area (TPSA) is 38.3 Å². The lowest BCUT2D eigenvalue weighted by Crippen LogP contribution is -2.23. The van der Waals surface area contributed by atoms with Gasteiger partial charge in [0, 0.05) is 5.02 Å². The summed E-state index contributed by atoms with van der Waals surface area (Å²) in [5, 5.41) is 3.47. The van der Waals surface area contributed by atoms with Crippen LogP contribution in [0, 0.1) is 11.8 Å². The molecule has 0 spiro atoms. The molecule has 0 saturated carbocycles. The maximum atomic E-state index is 12.0. The van der Waals surface area contributed by atoms with Gasteiger partial charge in [0.1, 0.15) is 12.4 Å². The Labute approximate surface area is 157 Å². The van der Waals surface area contributed by atoms with Crippen LogP contribution in [0.5, 0.6) is 5.75 Å². The number of amides is 1. The zero-order valence-corrected chi connectivity index (χ0v) is 15.0. The number of carbonyl (C=O) groups is 1. The first-order valence-corrected chi connectivity index (χ1v) is 8.38. The Hall–Kier alpha value is -2.41. The fourth-order valence-electron chi connectivity index (χ4n) is 2.09. The molecule has 0 atom stereocenters. The van der Waals surface area contributed by atoms with Gasteiger partial charge in [-0.05, 0) is 36.2 Å². The average molecular weight is 374 g/mol. The standard InChI is InChI=1S/C20H17Cl2NO2/c1-2-7-15-8-3-4-9-19(15)25-13-6-5-12-23-20(24)17-11-10-16(21)14-18(17)22/h2-4,8-11,14H,1,7,12-13H2,(H,23,24). The maximum Gasteiger partial charge on any atom is 0.253 e. The van der Waals surface area contributed by atoms with Gasteiger partial charge in [-0.3, -0.25) is 4.79 Å². The number of carbonyl (C=O) groups excluding carboxylic acids is 1. The third-order valence-corrected chi connectivity index (χ3v) is 3.82. The van der Waals surface area contributed by atoms with Crippen molar-refractivity contribution in [2.24, 2.45) is 0 Å². The molecule has 0 saturated heterocycles. The van der Waals surface area contributed by atoms with Crippen LogP contribution in [0.2, 0.25) is 10.0 Å². The summed E-state index contributed by atoms with van der Waals surface area (Å²) in [5.41, 5.74) is 1.42. The van der Waals surface area contributed by atoms with Crippen molar-refractivity contribution >= 4 is 29.1 Å². The molecule has 0 unspecified atom stereocenters. The minimum Gasteiger partial charge on any atom is -0.481 e. The largest absolute Gasteiger partial charge is 0.481 e. The highest BCUT2D eigenvalue weighted by molar-refractivity contribution is 6.36. The lowest BCUT2D eigenvalue weighted by molar-refractivity contribution is 0.0959. The number of rotatable bonds is 6. The van der Waals surface area contributed by atoms with Gasteiger partial charge in [0.15, 0.2) is 0 Å². The van der Waals surface area contributed by atoms with Crippen molar-refractivity contribution < 1.29 is 9.53 Å². The van der Waals surface area contributed by atoms with Gasteiger partial charge in [-0.1, -0.05) is 59.3 Å². The van der Waals surface area contributed by atoms with Crippen molar-refractivity contribution in [3.63, 3.8) is 0 Å². The van der Waals surface area contributed by atoms with E-state index >= 15 is 0 Å². The fraction of sp³-hybridized carbons (Fsp3) is 0.150. The molecule has 0 aliphatic heterocycles. The van der Waals surface area contributed by atoms with Gasteiger partial charge in [-0.15, -0.1) is 6.58 Å². The smallest absolute Gasteiger partial charge is 0.253 e. The minimum absolute atomic E-state index is 0.204. The first-order valence-electron chi connectivity index (χ1n) is 7.62. The van der Waals surface area contributed by atoms with Crippen LogP contribution >= 0.6 is 23.2 Å². The monoisotopic (exact) mass is 373 g/mol. The van der Waals surface area contributed by atoms with E-state index in [1.807, 2.05) is 30.3 Å². The van der Waals surface area contributed by atoms with Gasteiger partial charge in [-0.2, -0.15) is 0 Å². The van der Waals surface area contributed by atoms with Crippen LogP contribution in [-0.2, 0) is 6.42 Å². The van der Waals surface area contributed by atoms with E-state index in [2.05, 4.69) is 23.7 Å². The molecule has 128 valence electrons. The van der Waals surface area contributed by atoms with E-state index in [0.29, 0.717) is 15.6 Å². The molecule has 1 amide bonds. The molecular formula is C20H17Cl2NO2. The van der Waals surface area contributed by atoms with Crippen molar-refractivity contribution in [2.75, 3.05) is 13.2 Å². The lowest BCUT2D eigenvalue weighted by atomic mass is 10.1. The van der Waals surface area contributed by atoms with Crippen LogP contribution in [0.3, 0.4) is 0 Å². The second-order valence-electron chi connectivity index (χ2n) is 5.05. The molecule has 25 heavy (non-hydrogen) atoms. The number of benzene rings is 2. The summed E-state index contributed by atoms with van der Waals surface area (Å²) in [6.45, 7) is 4.18. The van der Waals surface area contributed by atoms with Crippen molar-refractivity contribution in [2.45, 2.75) is 6.42 Å². The van der Waals surface area contributed by atoms with E-state index < -0.39 is 0 Å². The van der Waals surface area contributed by atoms with Crippen LogP contribution in [0.4, 0.5) is 0 Å². The van der Waals surface area contributed by atoms with E-state index in [1.165, 1.54) is 6.07 Å². The SMILES string of the molecule is C=CCc1ccccc1OCC#CCNC(=O)c1ccc(Cl)cc1Cl. The summed E-state index contributed by atoms with van der Waals surface area (Å²) in [6, 6.07) is 12.5. The van der Waals surface area contributed by atoms with Gasteiger partial charge in [0.25, 0.3) is 5.91 Å². The molecule has 2 rings (SSSR count). The molecule has 0 fully saturated rings. The van der Waals surface area contributed by atoms with Crippen LogP contribution in [0.25, 0.3) is 0 Å². The van der Waals surface area contributed by atoms with Crippen molar-refractivity contribution in [1.82, 2.24) is 5.32 Å². The highest BCUT2D eigenvalue weighted by Crippen LogP contribution is 2.20. The molecule has 5 heteroatoms. The predicted octanol–water partition coefficient (Wildman–Crippen LogP) is 4.53. The Bertz CT molecular complexity index is 822. The molecule has 0 bridgehead atoms. The molecule has 0 aliphatic rings. The minimum atomic E-state index is -0.298. The molecule has 0 heterocycles. The summed E-state index contributed by atoms with van der Waals surface area (Å²) >= 11 is 11.8. The van der Waals surface area contributed by atoms with Crippen LogP contribution < -0.4 is 10.1 Å². The number of para-hydroxylation sites is 1. The van der Waals surface area contributed by atoms with Crippen molar-refractivity contribution in [3.05, 3.63) is 76.3 Å². The fourth-order valence-corrected chi connectivity index (χ4v) is 2.58. The number of ether oxygens (including phenoxy) is 1. The number of halogens is 2. The highest BCUT2D eigenvalue weighted by Gasteiger charge is 2.09. The summed E-state index contributed by atoms with van der Waals surface area (Å²) < 4.78 is 5.64. The lowest BCUT2D eigenvalue weighted by Gasteiger charge is -2.07. The third kappa shape index (κ3) is 5.86. The zero-order chi connectivity index (χ0) is 18.1. The Morgan fingerprint density at radius 3 is 2.76 bits per heavy atom. The molecule has 0 radical (unpaired) electrons. The normalized spacial score (nSPS) is 9.68. The molecule has 0 aromatic heterocycles. The van der Waals surface area contributed by atoms with Gasteiger partial charge < -0.3 is 10.1 Å². The quantitative estimate of drug-likeness (QED) is 0.596. The molecule has 3 nitrogen and oxygen atoms in total. The maximum absolute atomic E-state index is 12.0. The van der Waals surface area contributed by atoms with Crippen LogP contribution in [0.15, 0.2) is 55.1 Å². The van der Waals surface area contributed by atoms with Crippen LogP contribution in [-0.4, -0.2) is 19.1 Å². The second kappa shape index (κ2) is 9.78. The first-order chi connectivity index (χ1) is 12.1. The van der Waals surface area contributed by atoms with E-state index in [-0.39, 0.29) is 19.1 Å². The van der Waals surface area contributed by atoms with E-state index in [4.69, 9.17) is 27.9 Å². The third-order valence-electron chi connectivity index (χ3n) is 3.27. The first kappa shape index (κ1) is 18.9. The number of hydrogen-bond acceptors (Lipinski definition) is 2. The Kier molecular flexibility index (Phi) is 7.40. The summed E-state index contributed by atoms with van der Waals surface area (Å²) in [4.78, 5) is 12.0. The van der Waals surface area contributed by atoms with E-state index in [1.54, 1.807) is 12.1 Å². The van der Waals surface area contributed by atoms with Crippen molar-refractivity contribution in [1.29, 1.82) is 0 Å². The average Bonchev–Trinajstić information content (AvgIpc) is 2.59. The second-order valence-corrected chi connectivity index (χ2v) is 5.89. The number of allylic oxidation sites excluding steroid dienone is 1. The van der Waals surface area contributed by atoms with E-state index in [9.17, 15) is 4.79 Å². The molecular weight excluding hydrogens is 357 g/mol. The van der Waals surface area contributed by atoms with Gasteiger partial charge in [-0.25, -0.2) is 0 Å². The van der Waals surface area contributed by atoms with Gasteiger partial charge in [0.05, 0.1) is 17.1 Å². The highest BCUT2D eigenvalue weighted by atomic mass is 35.5. The molecule has 0 aliphatic carbocycles. The van der Waals surface area contributed by atoms with Crippen LogP contribution in [0.1, 0.15) is 15.9 Å². The Balaban J connectivity index is 1.81. The van der Waals surface area contributed by atoms with Gasteiger partial charge in [0.2, 0.25) is 0 Å².